The van der Waals surface area contributed by atoms with Crippen molar-refractivity contribution < 1.29 is 4.74 Å². The molecule has 0 radical (unpaired) electrons. The minimum Gasteiger partial charge on any atom is -0.493 e. The lowest BCUT2D eigenvalue weighted by Gasteiger charge is -2.20. The van der Waals surface area contributed by atoms with E-state index in [1.807, 2.05) is 30.8 Å². The molecule has 6 nitrogen and oxygen atoms in total. The van der Waals surface area contributed by atoms with E-state index in [0.717, 1.165) is 23.4 Å². The minimum atomic E-state index is -0.203. The Labute approximate surface area is 112 Å². The number of pyridine rings is 1. The van der Waals surface area contributed by atoms with E-state index in [-0.39, 0.29) is 6.04 Å². The predicted molar refractivity (Wildman–Crippen MR) is 72.6 cm³/mol. The van der Waals surface area contributed by atoms with Gasteiger partial charge in [0, 0.05) is 18.9 Å². The zero-order valence-corrected chi connectivity index (χ0v) is 11.4. The highest BCUT2D eigenvalue weighted by molar-refractivity contribution is 5.38. The second-order valence-corrected chi connectivity index (χ2v) is 4.25. The number of hydrazine groups is 1. The lowest BCUT2D eigenvalue weighted by atomic mass is 10.0. The third kappa shape index (κ3) is 2.45. The number of hydrogen-bond acceptors (Lipinski definition) is 5. The monoisotopic (exact) mass is 261 g/mol. The fourth-order valence-corrected chi connectivity index (χ4v) is 2.17. The van der Waals surface area contributed by atoms with E-state index in [1.54, 1.807) is 19.5 Å². The van der Waals surface area contributed by atoms with Gasteiger partial charge in [-0.2, -0.15) is 5.10 Å². The van der Waals surface area contributed by atoms with Gasteiger partial charge in [-0.3, -0.25) is 15.5 Å². The molecule has 2 rings (SSSR count). The van der Waals surface area contributed by atoms with E-state index in [9.17, 15) is 0 Å². The molecule has 0 spiro atoms. The fourth-order valence-electron chi connectivity index (χ4n) is 2.17. The van der Waals surface area contributed by atoms with Gasteiger partial charge in [-0.25, -0.2) is 5.43 Å². The molecule has 6 heteroatoms. The van der Waals surface area contributed by atoms with Crippen molar-refractivity contribution in [3.8, 4) is 5.75 Å². The summed E-state index contributed by atoms with van der Waals surface area (Å²) in [5, 5.41) is 4.31. The van der Waals surface area contributed by atoms with Crippen LogP contribution in [0.5, 0.6) is 5.75 Å². The number of nitrogens with one attached hydrogen (secondary N) is 1. The maximum Gasteiger partial charge on any atom is 0.161 e. The molecule has 19 heavy (non-hydrogen) atoms. The first-order chi connectivity index (χ1) is 9.22. The molecule has 0 aromatic carbocycles. The van der Waals surface area contributed by atoms with Gasteiger partial charge < -0.3 is 4.74 Å². The molecule has 3 N–H and O–H groups in total. The first kappa shape index (κ1) is 13.5. The molecule has 0 amide bonds. The highest BCUT2D eigenvalue weighted by Crippen LogP contribution is 2.30. The van der Waals surface area contributed by atoms with Crippen LogP contribution in [0.3, 0.4) is 0 Å². The molecule has 1 atom stereocenters. The largest absolute Gasteiger partial charge is 0.493 e. The van der Waals surface area contributed by atoms with Crippen LogP contribution < -0.4 is 16.0 Å². The minimum absolute atomic E-state index is 0.203. The number of hydrogen-bond donors (Lipinski definition) is 2. The van der Waals surface area contributed by atoms with Gasteiger partial charge in [0.15, 0.2) is 5.75 Å². The summed E-state index contributed by atoms with van der Waals surface area (Å²) >= 11 is 0. The van der Waals surface area contributed by atoms with Gasteiger partial charge in [0.25, 0.3) is 0 Å². The molecule has 0 fully saturated rings. The number of ether oxygens (including phenoxy) is 1. The van der Waals surface area contributed by atoms with Crippen molar-refractivity contribution in [1.82, 2.24) is 20.2 Å². The van der Waals surface area contributed by atoms with Crippen molar-refractivity contribution in [2.75, 3.05) is 7.11 Å². The summed E-state index contributed by atoms with van der Waals surface area (Å²) in [7, 11) is 1.63. The Morgan fingerprint density at radius 1 is 1.47 bits per heavy atom. The van der Waals surface area contributed by atoms with E-state index >= 15 is 0 Å². The lowest BCUT2D eigenvalue weighted by Crippen LogP contribution is -2.31. The standard InChI is InChI=1S/C13H19N5O/c1-4-18-13(11(19-3)8-16-18)12(17-14)10-7-15-6-5-9(10)2/h5-8,12,17H,4,14H2,1-3H3. The van der Waals surface area contributed by atoms with E-state index in [0.29, 0.717) is 5.75 Å². The van der Waals surface area contributed by atoms with Gasteiger partial charge in [-0.1, -0.05) is 0 Å². The van der Waals surface area contributed by atoms with Crippen molar-refractivity contribution >= 4 is 0 Å². The summed E-state index contributed by atoms with van der Waals surface area (Å²) in [6, 6.07) is 1.75. The van der Waals surface area contributed by atoms with Crippen LogP contribution in [0.25, 0.3) is 0 Å². The smallest absolute Gasteiger partial charge is 0.161 e. The number of rotatable bonds is 5. The van der Waals surface area contributed by atoms with Crippen LogP contribution in [0.2, 0.25) is 0 Å². The molecular weight excluding hydrogens is 242 g/mol. The number of aryl methyl sites for hydroxylation is 2. The third-order valence-corrected chi connectivity index (χ3v) is 3.20. The number of aromatic nitrogens is 3. The topological polar surface area (TPSA) is 78.0 Å². The molecule has 0 aliphatic rings. The van der Waals surface area contributed by atoms with Gasteiger partial charge in [-0.05, 0) is 31.0 Å². The zero-order chi connectivity index (χ0) is 13.8. The SMILES string of the molecule is CCn1ncc(OC)c1C(NN)c1cnccc1C. The lowest BCUT2D eigenvalue weighted by molar-refractivity contribution is 0.399. The maximum atomic E-state index is 5.74. The normalized spacial score (nSPS) is 12.4. The van der Waals surface area contributed by atoms with Crippen LogP contribution in [0.4, 0.5) is 0 Å². The maximum absolute atomic E-state index is 5.74. The molecule has 0 aliphatic carbocycles. The highest BCUT2D eigenvalue weighted by atomic mass is 16.5. The molecule has 1 unspecified atom stereocenters. The molecule has 2 aromatic heterocycles. The summed E-state index contributed by atoms with van der Waals surface area (Å²) in [5.74, 6) is 6.45. The molecule has 2 heterocycles. The van der Waals surface area contributed by atoms with Crippen molar-refractivity contribution in [3.05, 3.63) is 41.5 Å². The second-order valence-electron chi connectivity index (χ2n) is 4.25. The van der Waals surface area contributed by atoms with Crippen molar-refractivity contribution in [2.45, 2.75) is 26.4 Å². The molecular formula is C13H19N5O. The molecule has 0 saturated carbocycles. The first-order valence-electron chi connectivity index (χ1n) is 6.19. The Kier molecular flexibility index (Phi) is 4.13. The van der Waals surface area contributed by atoms with E-state index in [4.69, 9.17) is 10.6 Å². The van der Waals surface area contributed by atoms with Crippen LogP contribution >= 0.6 is 0 Å². The van der Waals surface area contributed by atoms with Crippen LogP contribution in [0.15, 0.2) is 24.7 Å². The van der Waals surface area contributed by atoms with Crippen LogP contribution in [0, 0.1) is 6.92 Å². The van der Waals surface area contributed by atoms with Gasteiger partial charge >= 0.3 is 0 Å². The Bertz CT molecular complexity index is 530. The highest BCUT2D eigenvalue weighted by Gasteiger charge is 2.23. The van der Waals surface area contributed by atoms with Gasteiger partial charge in [-0.15, -0.1) is 0 Å². The Morgan fingerprint density at radius 2 is 2.26 bits per heavy atom. The van der Waals surface area contributed by atoms with Crippen molar-refractivity contribution in [3.63, 3.8) is 0 Å². The van der Waals surface area contributed by atoms with Crippen molar-refractivity contribution in [2.24, 2.45) is 5.84 Å². The summed E-state index contributed by atoms with van der Waals surface area (Å²) in [6.45, 7) is 4.80. The number of nitrogens with zero attached hydrogens (tertiary/aromatic N) is 3. The average Bonchev–Trinajstić information content (AvgIpc) is 2.85. The summed E-state index contributed by atoms with van der Waals surface area (Å²) in [5.41, 5.74) is 5.86. The Balaban J connectivity index is 2.54. The summed E-state index contributed by atoms with van der Waals surface area (Å²) < 4.78 is 7.24. The van der Waals surface area contributed by atoms with Crippen molar-refractivity contribution in [1.29, 1.82) is 0 Å². The van der Waals surface area contributed by atoms with E-state index in [1.165, 1.54) is 0 Å². The predicted octanol–water partition coefficient (Wildman–Crippen LogP) is 1.17. The second kappa shape index (κ2) is 5.81. The zero-order valence-electron chi connectivity index (χ0n) is 11.4. The van der Waals surface area contributed by atoms with E-state index in [2.05, 4.69) is 15.5 Å². The Morgan fingerprint density at radius 3 is 2.84 bits per heavy atom. The number of methoxy groups -OCH3 is 1. The average molecular weight is 261 g/mol. The molecule has 102 valence electrons. The molecule has 2 aromatic rings. The molecule has 0 saturated heterocycles. The van der Waals surface area contributed by atoms with Crippen LogP contribution in [-0.4, -0.2) is 21.9 Å². The van der Waals surface area contributed by atoms with E-state index < -0.39 is 0 Å². The Hall–Kier alpha value is -1.92. The molecule has 0 aliphatic heterocycles. The van der Waals surface area contributed by atoms with Crippen LogP contribution in [0.1, 0.15) is 29.8 Å². The third-order valence-electron chi connectivity index (χ3n) is 3.20. The quantitative estimate of drug-likeness (QED) is 0.624. The van der Waals surface area contributed by atoms with Crippen LogP contribution in [-0.2, 0) is 6.54 Å². The van der Waals surface area contributed by atoms with Gasteiger partial charge in [0.1, 0.15) is 5.69 Å². The summed E-state index contributed by atoms with van der Waals surface area (Å²) in [4.78, 5) is 4.17. The summed E-state index contributed by atoms with van der Waals surface area (Å²) in [6.07, 6.45) is 5.28. The first-order valence-corrected chi connectivity index (χ1v) is 6.19. The molecule has 0 bridgehead atoms. The van der Waals surface area contributed by atoms with Gasteiger partial charge in [0.05, 0.1) is 19.3 Å². The fraction of sp³-hybridized carbons (Fsp3) is 0.385. The number of nitrogens with two attached hydrogens (primary N) is 1. The van der Waals surface area contributed by atoms with Gasteiger partial charge in [0.2, 0.25) is 0 Å².